The number of thiophene rings is 1. The van der Waals surface area contributed by atoms with Gasteiger partial charge in [-0.2, -0.15) is 0 Å². The Morgan fingerprint density at radius 3 is 2.83 bits per heavy atom. The second-order valence-electron chi connectivity index (χ2n) is 4.59. The summed E-state index contributed by atoms with van der Waals surface area (Å²) in [5.74, 6) is 0.846. The molecule has 0 aliphatic carbocycles. The third-order valence-corrected chi connectivity index (χ3v) is 4.39. The normalized spacial score (nSPS) is 17.8. The lowest BCUT2D eigenvalue weighted by Crippen LogP contribution is -2.35. The minimum atomic E-state index is 0.181. The van der Waals surface area contributed by atoms with Crippen molar-refractivity contribution in [2.75, 3.05) is 38.6 Å². The van der Waals surface area contributed by atoms with E-state index >= 15 is 0 Å². The van der Waals surface area contributed by atoms with Crippen LogP contribution >= 0.6 is 22.9 Å². The molecule has 0 radical (unpaired) electrons. The minimum Gasteiger partial charge on any atom is -0.337 e. The maximum atomic E-state index is 12.3. The summed E-state index contributed by atoms with van der Waals surface area (Å²) in [6.07, 6.45) is 1.03. The molecule has 0 unspecified atom stereocenters. The van der Waals surface area contributed by atoms with E-state index in [9.17, 15) is 4.79 Å². The van der Waals surface area contributed by atoms with Crippen LogP contribution in [0.1, 0.15) is 21.0 Å². The van der Waals surface area contributed by atoms with Gasteiger partial charge in [0.25, 0.3) is 5.91 Å². The van der Waals surface area contributed by atoms with E-state index in [-0.39, 0.29) is 5.91 Å². The molecule has 0 N–H and O–H groups in total. The molecule has 0 saturated carbocycles. The molecule has 1 aliphatic heterocycles. The molecule has 100 valence electrons. The molecule has 1 aromatic heterocycles. The molecule has 0 aromatic carbocycles. The largest absolute Gasteiger partial charge is 0.337 e. The average Bonchev–Trinajstić information content (AvgIpc) is 2.65. The number of aryl methyl sites for hydroxylation is 1. The Kier molecular flexibility index (Phi) is 5.03. The Morgan fingerprint density at radius 2 is 2.17 bits per heavy atom. The molecule has 2 rings (SSSR count). The van der Waals surface area contributed by atoms with Crippen LogP contribution < -0.4 is 0 Å². The molecule has 1 amide bonds. The number of rotatable bonds is 3. The van der Waals surface area contributed by atoms with Gasteiger partial charge in [0.2, 0.25) is 0 Å². The minimum absolute atomic E-state index is 0.181. The lowest BCUT2D eigenvalue weighted by atomic mass is 10.3. The number of amides is 1. The molecular weight excluding hydrogens is 268 g/mol. The zero-order chi connectivity index (χ0) is 13.0. The zero-order valence-electron chi connectivity index (χ0n) is 10.7. The van der Waals surface area contributed by atoms with Gasteiger partial charge in [0.05, 0.1) is 4.88 Å². The molecule has 0 atom stereocenters. The molecular formula is C13H19ClN2OS. The average molecular weight is 287 g/mol. The smallest absolute Gasteiger partial charge is 0.263 e. The molecule has 1 aliphatic rings. The Hall–Kier alpha value is -0.580. The first kappa shape index (κ1) is 13.8. The molecule has 0 bridgehead atoms. The third-order valence-electron chi connectivity index (χ3n) is 3.23. The fourth-order valence-corrected chi connectivity index (χ4v) is 3.30. The molecule has 3 nitrogen and oxygen atoms in total. The van der Waals surface area contributed by atoms with E-state index in [4.69, 9.17) is 11.6 Å². The van der Waals surface area contributed by atoms with E-state index in [1.54, 1.807) is 11.3 Å². The Bertz CT molecular complexity index is 407. The number of halogens is 1. The van der Waals surface area contributed by atoms with Crippen LogP contribution in [0.2, 0.25) is 0 Å². The highest BCUT2D eigenvalue weighted by Gasteiger charge is 2.20. The van der Waals surface area contributed by atoms with Crippen LogP contribution in [-0.2, 0) is 0 Å². The summed E-state index contributed by atoms with van der Waals surface area (Å²) in [5, 5.41) is 0. The van der Waals surface area contributed by atoms with Crippen molar-refractivity contribution in [3.63, 3.8) is 0 Å². The summed E-state index contributed by atoms with van der Waals surface area (Å²) >= 11 is 7.35. The van der Waals surface area contributed by atoms with E-state index < -0.39 is 0 Å². The van der Waals surface area contributed by atoms with Gasteiger partial charge in [0, 0.05) is 36.9 Å². The van der Waals surface area contributed by atoms with E-state index in [1.165, 1.54) is 4.88 Å². The monoisotopic (exact) mass is 286 g/mol. The Balaban J connectivity index is 1.95. The van der Waals surface area contributed by atoms with E-state index in [0.29, 0.717) is 5.88 Å². The topological polar surface area (TPSA) is 23.6 Å². The van der Waals surface area contributed by atoms with Gasteiger partial charge in [-0.1, -0.05) is 0 Å². The van der Waals surface area contributed by atoms with Crippen molar-refractivity contribution in [2.24, 2.45) is 0 Å². The Labute approximate surface area is 117 Å². The summed E-state index contributed by atoms with van der Waals surface area (Å²) in [6, 6.07) is 3.94. The number of hydrogen-bond acceptors (Lipinski definition) is 3. The van der Waals surface area contributed by atoms with Crippen LogP contribution in [-0.4, -0.2) is 54.3 Å². The van der Waals surface area contributed by atoms with Crippen molar-refractivity contribution < 1.29 is 4.79 Å². The zero-order valence-corrected chi connectivity index (χ0v) is 12.3. The quantitative estimate of drug-likeness (QED) is 0.797. The maximum absolute atomic E-state index is 12.3. The summed E-state index contributed by atoms with van der Waals surface area (Å²) in [7, 11) is 0. The lowest BCUT2D eigenvalue weighted by molar-refractivity contribution is 0.0766. The lowest BCUT2D eigenvalue weighted by Gasteiger charge is -2.20. The van der Waals surface area contributed by atoms with Gasteiger partial charge in [0.15, 0.2) is 0 Å². The summed E-state index contributed by atoms with van der Waals surface area (Å²) in [4.78, 5) is 18.7. The first-order chi connectivity index (χ1) is 8.70. The van der Waals surface area contributed by atoms with Crippen LogP contribution in [0.5, 0.6) is 0 Å². The van der Waals surface area contributed by atoms with Gasteiger partial charge in [-0.3, -0.25) is 4.79 Å². The van der Waals surface area contributed by atoms with Crippen LogP contribution in [0.25, 0.3) is 0 Å². The second-order valence-corrected chi connectivity index (χ2v) is 6.25. The van der Waals surface area contributed by atoms with Gasteiger partial charge >= 0.3 is 0 Å². The predicted octanol–water partition coefficient (Wildman–Crippen LogP) is 2.44. The molecule has 2 heterocycles. The van der Waals surface area contributed by atoms with E-state index in [0.717, 1.165) is 44.0 Å². The summed E-state index contributed by atoms with van der Waals surface area (Å²) in [5.41, 5.74) is 0. The molecule has 1 aromatic rings. The van der Waals surface area contributed by atoms with Gasteiger partial charge in [-0.05, 0) is 32.0 Å². The molecule has 0 spiro atoms. The van der Waals surface area contributed by atoms with Gasteiger partial charge < -0.3 is 9.80 Å². The number of hydrogen-bond donors (Lipinski definition) is 0. The van der Waals surface area contributed by atoms with E-state index in [2.05, 4.69) is 4.90 Å². The van der Waals surface area contributed by atoms with Gasteiger partial charge in [0.1, 0.15) is 0 Å². The van der Waals surface area contributed by atoms with Crippen molar-refractivity contribution in [3.05, 3.63) is 21.9 Å². The highest BCUT2D eigenvalue weighted by molar-refractivity contribution is 7.13. The van der Waals surface area contributed by atoms with Crippen molar-refractivity contribution >= 4 is 28.8 Å². The fraction of sp³-hybridized carbons (Fsp3) is 0.615. The van der Waals surface area contributed by atoms with Crippen molar-refractivity contribution in [3.8, 4) is 0 Å². The molecule has 5 heteroatoms. The van der Waals surface area contributed by atoms with Crippen molar-refractivity contribution in [2.45, 2.75) is 13.3 Å². The first-order valence-corrected chi connectivity index (χ1v) is 7.70. The summed E-state index contributed by atoms with van der Waals surface area (Å²) in [6.45, 7) is 6.60. The van der Waals surface area contributed by atoms with Gasteiger partial charge in [-0.15, -0.1) is 22.9 Å². The van der Waals surface area contributed by atoms with Crippen LogP contribution in [0.4, 0.5) is 0 Å². The number of carbonyl (C=O) groups is 1. The Morgan fingerprint density at radius 1 is 1.33 bits per heavy atom. The van der Waals surface area contributed by atoms with Gasteiger partial charge in [-0.25, -0.2) is 0 Å². The van der Waals surface area contributed by atoms with Crippen LogP contribution in [0.3, 0.4) is 0 Å². The predicted molar refractivity (Wildman–Crippen MR) is 76.7 cm³/mol. The van der Waals surface area contributed by atoms with Crippen LogP contribution in [0.15, 0.2) is 12.1 Å². The fourth-order valence-electron chi connectivity index (χ4n) is 2.22. The second kappa shape index (κ2) is 6.55. The van der Waals surface area contributed by atoms with Crippen molar-refractivity contribution in [1.82, 2.24) is 9.80 Å². The van der Waals surface area contributed by atoms with Crippen LogP contribution in [0, 0.1) is 6.92 Å². The highest BCUT2D eigenvalue weighted by Crippen LogP contribution is 2.18. The summed E-state index contributed by atoms with van der Waals surface area (Å²) < 4.78 is 0. The number of carbonyl (C=O) groups excluding carboxylic acids is 1. The SMILES string of the molecule is Cc1ccc(C(=O)N2CCCN(CCCl)CC2)s1. The maximum Gasteiger partial charge on any atom is 0.263 e. The van der Waals surface area contributed by atoms with Crippen molar-refractivity contribution in [1.29, 1.82) is 0 Å². The molecule has 1 saturated heterocycles. The number of nitrogens with zero attached hydrogens (tertiary/aromatic N) is 2. The standard InChI is InChI=1S/C13H19ClN2OS/c1-11-3-4-12(18-11)13(17)16-7-2-6-15(8-5-14)9-10-16/h3-4H,2,5-10H2,1H3. The molecule has 1 fully saturated rings. The highest BCUT2D eigenvalue weighted by atomic mass is 35.5. The number of alkyl halides is 1. The first-order valence-electron chi connectivity index (χ1n) is 6.35. The van der Waals surface area contributed by atoms with E-state index in [1.807, 2.05) is 24.0 Å². The molecule has 18 heavy (non-hydrogen) atoms. The third kappa shape index (κ3) is 3.46.